The van der Waals surface area contributed by atoms with Crippen molar-refractivity contribution in [3.63, 3.8) is 0 Å². The van der Waals surface area contributed by atoms with Crippen molar-refractivity contribution < 1.29 is 9.59 Å². The SMILES string of the molecule is CC(=O)NCCC(=O)NCc1ccc(-c2cccc(C)c2)cc1. The fourth-order valence-corrected chi connectivity index (χ4v) is 2.28. The van der Waals surface area contributed by atoms with E-state index in [0.717, 1.165) is 11.1 Å². The summed E-state index contributed by atoms with van der Waals surface area (Å²) in [7, 11) is 0. The first-order valence-corrected chi connectivity index (χ1v) is 7.72. The molecule has 0 heterocycles. The Morgan fingerprint density at radius 1 is 0.957 bits per heavy atom. The molecule has 4 nitrogen and oxygen atoms in total. The minimum Gasteiger partial charge on any atom is -0.356 e. The molecule has 0 saturated carbocycles. The van der Waals surface area contributed by atoms with E-state index in [1.807, 2.05) is 18.2 Å². The molecule has 0 saturated heterocycles. The fraction of sp³-hybridized carbons (Fsp3) is 0.263. The normalized spacial score (nSPS) is 10.2. The van der Waals surface area contributed by atoms with Gasteiger partial charge in [-0.25, -0.2) is 0 Å². The molecule has 0 fully saturated rings. The largest absolute Gasteiger partial charge is 0.356 e. The standard InChI is InChI=1S/C19H22N2O2/c1-14-4-3-5-18(12-14)17-8-6-16(7-9-17)13-21-19(23)10-11-20-15(2)22/h3-9,12H,10-11,13H2,1-2H3,(H,20,22)(H,21,23). The number of hydrogen-bond donors (Lipinski definition) is 2. The minimum absolute atomic E-state index is 0.0680. The Bertz CT molecular complexity index is 678. The van der Waals surface area contributed by atoms with E-state index < -0.39 is 0 Å². The molecule has 2 N–H and O–H groups in total. The lowest BCUT2D eigenvalue weighted by Crippen LogP contribution is -2.29. The zero-order valence-electron chi connectivity index (χ0n) is 13.6. The van der Waals surface area contributed by atoms with Gasteiger partial charge in [0.25, 0.3) is 0 Å². The van der Waals surface area contributed by atoms with Gasteiger partial charge >= 0.3 is 0 Å². The van der Waals surface area contributed by atoms with Gasteiger partial charge in [0.05, 0.1) is 0 Å². The van der Waals surface area contributed by atoms with Crippen LogP contribution in [0.1, 0.15) is 24.5 Å². The van der Waals surface area contributed by atoms with Crippen molar-refractivity contribution in [2.24, 2.45) is 0 Å². The van der Waals surface area contributed by atoms with Gasteiger partial charge in [-0.1, -0.05) is 54.1 Å². The molecule has 0 radical (unpaired) electrons. The van der Waals surface area contributed by atoms with Crippen molar-refractivity contribution in [1.82, 2.24) is 10.6 Å². The first-order chi connectivity index (χ1) is 11.0. The molecule has 2 rings (SSSR count). The van der Waals surface area contributed by atoms with Crippen molar-refractivity contribution in [2.75, 3.05) is 6.54 Å². The van der Waals surface area contributed by atoms with E-state index in [2.05, 4.69) is 47.9 Å². The Morgan fingerprint density at radius 2 is 1.70 bits per heavy atom. The molecule has 2 aromatic carbocycles. The number of carbonyl (C=O) groups excluding carboxylic acids is 2. The minimum atomic E-state index is -0.121. The second-order valence-corrected chi connectivity index (χ2v) is 5.58. The quantitative estimate of drug-likeness (QED) is 0.862. The number of nitrogens with one attached hydrogen (secondary N) is 2. The van der Waals surface area contributed by atoms with Crippen LogP contribution in [0.25, 0.3) is 11.1 Å². The van der Waals surface area contributed by atoms with E-state index in [9.17, 15) is 9.59 Å². The third kappa shape index (κ3) is 5.58. The Hall–Kier alpha value is -2.62. The third-order valence-corrected chi connectivity index (χ3v) is 3.52. The maximum atomic E-state index is 11.7. The number of hydrogen-bond acceptors (Lipinski definition) is 2. The number of aryl methyl sites for hydroxylation is 1. The van der Waals surface area contributed by atoms with Crippen molar-refractivity contribution in [1.29, 1.82) is 0 Å². The molecule has 0 aliphatic carbocycles. The summed E-state index contributed by atoms with van der Waals surface area (Å²) in [5.74, 6) is -0.189. The Balaban J connectivity index is 1.85. The maximum absolute atomic E-state index is 11.7. The first kappa shape index (κ1) is 16.7. The lowest BCUT2D eigenvalue weighted by Gasteiger charge is -2.07. The van der Waals surface area contributed by atoms with Crippen molar-refractivity contribution in [2.45, 2.75) is 26.8 Å². The van der Waals surface area contributed by atoms with E-state index in [-0.39, 0.29) is 11.8 Å². The molecular formula is C19H22N2O2. The van der Waals surface area contributed by atoms with E-state index in [0.29, 0.717) is 19.5 Å². The average Bonchev–Trinajstić information content (AvgIpc) is 2.53. The highest BCUT2D eigenvalue weighted by Crippen LogP contribution is 2.20. The average molecular weight is 310 g/mol. The zero-order valence-corrected chi connectivity index (χ0v) is 13.6. The molecule has 0 atom stereocenters. The molecule has 0 aliphatic heterocycles. The molecule has 0 spiro atoms. The predicted molar refractivity (Wildman–Crippen MR) is 91.8 cm³/mol. The lowest BCUT2D eigenvalue weighted by atomic mass is 10.0. The molecule has 2 aromatic rings. The highest BCUT2D eigenvalue weighted by atomic mass is 16.2. The second-order valence-electron chi connectivity index (χ2n) is 5.58. The number of carbonyl (C=O) groups is 2. The van der Waals surface area contributed by atoms with E-state index in [4.69, 9.17) is 0 Å². The van der Waals surface area contributed by atoms with Gasteiger partial charge in [-0.2, -0.15) is 0 Å². The van der Waals surface area contributed by atoms with Gasteiger partial charge in [0.1, 0.15) is 0 Å². The topological polar surface area (TPSA) is 58.2 Å². The summed E-state index contributed by atoms with van der Waals surface area (Å²) in [5.41, 5.74) is 4.64. The van der Waals surface area contributed by atoms with Crippen LogP contribution >= 0.6 is 0 Å². The van der Waals surface area contributed by atoms with E-state index >= 15 is 0 Å². The Labute approximate surface area is 136 Å². The molecule has 23 heavy (non-hydrogen) atoms. The zero-order chi connectivity index (χ0) is 16.7. The van der Waals surface area contributed by atoms with Crippen LogP contribution in [0.5, 0.6) is 0 Å². The molecule has 2 amide bonds. The molecule has 0 bridgehead atoms. The van der Waals surface area contributed by atoms with Gasteiger partial charge < -0.3 is 10.6 Å². The van der Waals surface area contributed by atoms with Gasteiger partial charge in [-0.15, -0.1) is 0 Å². The van der Waals surface area contributed by atoms with Gasteiger partial charge in [0.2, 0.25) is 11.8 Å². The van der Waals surface area contributed by atoms with Crippen LogP contribution in [-0.4, -0.2) is 18.4 Å². The summed E-state index contributed by atoms with van der Waals surface area (Å²) in [5, 5.41) is 5.46. The van der Waals surface area contributed by atoms with Crippen molar-refractivity contribution in [3.05, 3.63) is 59.7 Å². The first-order valence-electron chi connectivity index (χ1n) is 7.72. The van der Waals surface area contributed by atoms with Gasteiger partial charge in [-0.3, -0.25) is 9.59 Å². The highest BCUT2D eigenvalue weighted by Gasteiger charge is 2.03. The summed E-state index contributed by atoms with van der Waals surface area (Å²) < 4.78 is 0. The van der Waals surface area contributed by atoms with Crippen LogP contribution in [0.2, 0.25) is 0 Å². The monoisotopic (exact) mass is 310 g/mol. The smallest absolute Gasteiger partial charge is 0.222 e. The molecule has 0 aliphatic rings. The Morgan fingerprint density at radius 3 is 2.35 bits per heavy atom. The predicted octanol–water partition coefficient (Wildman–Crippen LogP) is 2.80. The second kappa shape index (κ2) is 8.13. The van der Waals surface area contributed by atoms with Gasteiger partial charge in [0.15, 0.2) is 0 Å². The van der Waals surface area contributed by atoms with E-state index in [1.54, 1.807) is 0 Å². The third-order valence-electron chi connectivity index (χ3n) is 3.52. The molecule has 0 unspecified atom stereocenters. The number of amides is 2. The van der Waals surface area contributed by atoms with Crippen molar-refractivity contribution >= 4 is 11.8 Å². The molecular weight excluding hydrogens is 288 g/mol. The molecule has 0 aromatic heterocycles. The molecule has 120 valence electrons. The van der Waals surface area contributed by atoms with Crippen LogP contribution in [-0.2, 0) is 16.1 Å². The number of rotatable bonds is 6. The highest BCUT2D eigenvalue weighted by molar-refractivity contribution is 5.77. The van der Waals surface area contributed by atoms with Gasteiger partial charge in [-0.05, 0) is 23.6 Å². The lowest BCUT2D eigenvalue weighted by molar-refractivity contribution is -0.121. The summed E-state index contributed by atoms with van der Waals surface area (Å²) in [6, 6.07) is 16.5. The summed E-state index contributed by atoms with van der Waals surface area (Å²) in [6.07, 6.45) is 0.293. The fourth-order valence-electron chi connectivity index (χ4n) is 2.28. The summed E-state index contributed by atoms with van der Waals surface area (Å²) in [6.45, 7) is 4.38. The van der Waals surface area contributed by atoms with E-state index in [1.165, 1.54) is 18.1 Å². The Kier molecular flexibility index (Phi) is 5.92. The van der Waals surface area contributed by atoms with Crippen LogP contribution in [0.4, 0.5) is 0 Å². The maximum Gasteiger partial charge on any atom is 0.222 e. The summed E-state index contributed by atoms with van der Waals surface area (Å²) in [4.78, 5) is 22.4. The van der Waals surface area contributed by atoms with Crippen molar-refractivity contribution in [3.8, 4) is 11.1 Å². The number of benzene rings is 2. The van der Waals surface area contributed by atoms with Crippen LogP contribution in [0.15, 0.2) is 48.5 Å². The summed E-state index contributed by atoms with van der Waals surface area (Å²) >= 11 is 0. The van der Waals surface area contributed by atoms with Gasteiger partial charge in [0, 0.05) is 26.4 Å². The van der Waals surface area contributed by atoms with Crippen LogP contribution in [0.3, 0.4) is 0 Å². The van der Waals surface area contributed by atoms with Crippen LogP contribution < -0.4 is 10.6 Å². The van der Waals surface area contributed by atoms with Crippen LogP contribution in [0, 0.1) is 6.92 Å². The molecule has 4 heteroatoms.